The maximum absolute atomic E-state index is 2.71. The van der Waals surface area contributed by atoms with Gasteiger partial charge in [-0.05, 0) is 171 Å². The Balaban J connectivity index is 1.18. The number of anilines is 3. The Kier molecular flexibility index (Phi) is 8.58. The molecule has 1 unspecified atom stereocenters. The number of benzene rings is 5. The van der Waals surface area contributed by atoms with Crippen molar-refractivity contribution in [2.75, 3.05) is 4.90 Å². The van der Waals surface area contributed by atoms with Gasteiger partial charge >= 0.3 is 0 Å². The molecule has 1 atom stereocenters. The third-order valence-electron chi connectivity index (χ3n) is 17.3. The van der Waals surface area contributed by atoms with E-state index in [2.05, 4.69) is 182 Å². The fraction of sp³-hybridized carbons (Fsp3) is 0.424. The molecule has 0 aliphatic heterocycles. The van der Waals surface area contributed by atoms with Crippen molar-refractivity contribution in [2.24, 2.45) is 40.9 Å². The Morgan fingerprint density at radius 2 is 1.08 bits per heavy atom. The van der Waals surface area contributed by atoms with Crippen LogP contribution in [-0.2, 0) is 10.8 Å². The van der Waals surface area contributed by atoms with Crippen molar-refractivity contribution in [3.05, 3.63) is 154 Å². The van der Waals surface area contributed by atoms with Gasteiger partial charge in [0.1, 0.15) is 0 Å². The lowest BCUT2D eigenvalue weighted by atomic mass is 9.43. The third kappa shape index (κ3) is 5.42. The minimum absolute atomic E-state index is 0.0804. The summed E-state index contributed by atoms with van der Waals surface area (Å²) in [6.45, 7) is 21.7. The molecule has 1 nitrogen and oxygen atoms in total. The smallest absolute Gasteiger partial charge is 0.0542 e. The van der Waals surface area contributed by atoms with Gasteiger partial charge in [-0.15, -0.1) is 0 Å². The highest BCUT2D eigenvalue weighted by Crippen LogP contribution is 2.70. The molecule has 306 valence electrons. The second kappa shape index (κ2) is 13.4. The van der Waals surface area contributed by atoms with Gasteiger partial charge in [0, 0.05) is 27.8 Å². The lowest BCUT2D eigenvalue weighted by Crippen LogP contribution is -2.55. The van der Waals surface area contributed by atoms with E-state index < -0.39 is 0 Å². The Bertz CT molecular complexity index is 2600. The molecule has 0 heterocycles. The van der Waals surface area contributed by atoms with E-state index in [0.29, 0.717) is 17.8 Å². The van der Waals surface area contributed by atoms with E-state index in [4.69, 9.17) is 0 Å². The summed E-state index contributed by atoms with van der Waals surface area (Å²) in [6.07, 6.45) is 13.4. The van der Waals surface area contributed by atoms with Gasteiger partial charge in [0.25, 0.3) is 0 Å². The van der Waals surface area contributed by atoms with Crippen LogP contribution in [0.3, 0.4) is 0 Å². The van der Waals surface area contributed by atoms with Crippen molar-refractivity contribution in [1.29, 1.82) is 0 Å². The molecule has 0 aromatic heterocycles. The van der Waals surface area contributed by atoms with Gasteiger partial charge in [-0.1, -0.05) is 153 Å². The molecule has 1 heteroatoms. The van der Waals surface area contributed by atoms with Crippen molar-refractivity contribution in [3.63, 3.8) is 0 Å². The van der Waals surface area contributed by atoms with Gasteiger partial charge in [-0.25, -0.2) is 0 Å². The van der Waals surface area contributed by atoms with Crippen LogP contribution in [0.1, 0.15) is 140 Å². The normalized spacial score (nSPS) is 27.6. The highest BCUT2D eigenvalue weighted by Gasteiger charge is 2.61. The summed E-state index contributed by atoms with van der Waals surface area (Å²) in [7, 11) is 0. The van der Waals surface area contributed by atoms with Crippen LogP contribution < -0.4 is 4.90 Å². The van der Waals surface area contributed by atoms with Gasteiger partial charge < -0.3 is 4.90 Å². The van der Waals surface area contributed by atoms with Gasteiger partial charge in [0.2, 0.25) is 0 Å². The first-order chi connectivity index (χ1) is 28.8. The van der Waals surface area contributed by atoms with E-state index >= 15 is 0 Å². The first kappa shape index (κ1) is 38.3. The maximum atomic E-state index is 2.71. The number of hydrogen-bond acceptors (Lipinski definition) is 1. The largest absolute Gasteiger partial charge is 0.310 e. The average molecular weight is 788 g/mol. The molecule has 4 saturated carbocycles. The minimum Gasteiger partial charge on any atom is -0.310 e. The Hall–Kier alpha value is -4.62. The lowest BCUT2D eigenvalue weighted by molar-refractivity contribution is -0.0399. The second-order valence-corrected chi connectivity index (χ2v) is 21.9. The standard InChI is InChI=1S/C59H65N/c1-35(2)40-18-21-47(42-29-41(36(3)4)33-58(9,34-42)37(5)6)56(30-40)60(45-19-22-50-48-14-10-12-16-52(48)57(7,8)54(50)31-45)46-20-23-51-49-15-11-13-17-53(49)59(55(51)32-46)43-25-38-24-39(27-43)28-44(59)26-38/h10-23,29-32,34-39,43-44H,24-28,33H2,1-9H3. The molecule has 60 heavy (non-hydrogen) atoms. The first-order valence-electron chi connectivity index (χ1n) is 23.6. The molecule has 1 spiro atoms. The number of fused-ring (bicyclic) bond motifs is 6. The summed E-state index contributed by atoms with van der Waals surface area (Å²) in [5, 5.41) is 0. The summed E-state index contributed by atoms with van der Waals surface area (Å²) in [4.78, 5) is 2.69. The van der Waals surface area contributed by atoms with Crippen LogP contribution in [0.2, 0.25) is 0 Å². The van der Waals surface area contributed by atoms with E-state index in [-0.39, 0.29) is 16.2 Å². The van der Waals surface area contributed by atoms with Crippen molar-refractivity contribution in [1.82, 2.24) is 0 Å². The summed E-state index contributed by atoms with van der Waals surface area (Å²) in [6, 6.07) is 41.3. The van der Waals surface area contributed by atoms with Gasteiger partial charge in [0.05, 0.1) is 5.69 Å². The Morgan fingerprint density at radius 3 is 1.70 bits per heavy atom. The molecule has 7 aliphatic rings. The van der Waals surface area contributed by atoms with Crippen LogP contribution in [0.5, 0.6) is 0 Å². The summed E-state index contributed by atoms with van der Waals surface area (Å²) < 4.78 is 0. The van der Waals surface area contributed by atoms with Crippen molar-refractivity contribution < 1.29 is 0 Å². The molecule has 0 saturated heterocycles. The second-order valence-electron chi connectivity index (χ2n) is 21.9. The summed E-state index contributed by atoms with van der Waals surface area (Å²) >= 11 is 0. The predicted octanol–water partition coefficient (Wildman–Crippen LogP) is 16.3. The zero-order valence-corrected chi connectivity index (χ0v) is 37.7. The van der Waals surface area contributed by atoms with Crippen molar-refractivity contribution in [2.45, 2.75) is 118 Å². The SMILES string of the molecule is CC(C)C1=CC(c2ccc(C(C)C)cc2N(c2ccc3c(c2)C(C)(C)c2ccccc2-3)c2ccc3c(c2)C2(c4ccccc4-3)C3CC4CC(C3)CC2C4)=CC(C)(C(C)C)C1. The molecule has 0 amide bonds. The number of allylic oxidation sites excluding steroid dienone is 4. The highest BCUT2D eigenvalue weighted by atomic mass is 15.1. The number of hydrogen-bond donors (Lipinski definition) is 0. The van der Waals surface area contributed by atoms with Crippen LogP contribution in [0, 0.1) is 40.9 Å². The maximum Gasteiger partial charge on any atom is 0.0542 e. The molecule has 12 rings (SSSR count). The van der Waals surface area contributed by atoms with Gasteiger partial charge in [-0.3, -0.25) is 0 Å². The van der Waals surface area contributed by atoms with Gasteiger partial charge in [0.15, 0.2) is 0 Å². The topological polar surface area (TPSA) is 3.24 Å². The predicted molar refractivity (Wildman–Crippen MR) is 254 cm³/mol. The fourth-order valence-electron chi connectivity index (χ4n) is 13.9. The fourth-order valence-corrected chi connectivity index (χ4v) is 13.9. The molecule has 4 fully saturated rings. The molecular weight excluding hydrogens is 723 g/mol. The monoisotopic (exact) mass is 788 g/mol. The third-order valence-corrected chi connectivity index (χ3v) is 17.3. The molecular formula is C59H65N. The lowest BCUT2D eigenvalue weighted by Gasteiger charge is -2.61. The molecule has 0 N–H and O–H groups in total. The average Bonchev–Trinajstić information content (AvgIpc) is 3.64. The van der Waals surface area contributed by atoms with E-state index in [1.165, 1.54) is 99.2 Å². The zero-order valence-electron chi connectivity index (χ0n) is 37.7. The summed E-state index contributed by atoms with van der Waals surface area (Å²) in [5.74, 6) is 4.70. The van der Waals surface area contributed by atoms with Crippen LogP contribution in [0.4, 0.5) is 17.1 Å². The van der Waals surface area contributed by atoms with Crippen LogP contribution >= 0.6 is 0 Å². The number of rotatable bonds is 7. The van der Waals surface area contributed by atoms with E-state index in [1.807, 2.05) is 0 Å². The van der Waals surface area contributed by atoms with E-state index in [1.54, 1.807) is 16.7 Å². The molecule has 7 aliphatic carbocycles. The Labute approximate surface area is 361 Å². The molecule has 4 bridgehead atoms. The quantitative estimate of drug-likeness (QED) is 0.159. The molecule has 5 aromatic carbocycles. The Morgan fingerprint density at radius 1 is 0.533 bits per heavy atom. The number of nitrogens with zero attached hydrogens (tertiary/aromatic N) is 1. The van der Waals surface area contributed by atoms with Crippen LogP contribution in [-0.4, -0.2) is 0 Å². The minimum atomic E-state index is -0.0971. The molecule has 0 radical (unpaired) electrons. The van der Waals surface area contributed by atoms with E-state index in [0.717, 1.165) is 30.1 Å². The summed E-state index contributed by atoms with van der Waals surface area (Å²) in [5.41, 5.74) is 21.4. The first-order valence-corrected chi connectivity index (χ1v) is 23.6. The van der Waals surface area contributed by atoms with Gasteiger partial charge in [-0.2, -0.15) is 0 Å². The highest BCUT2D eigenvalue weighted by molar-refractivity contribution is 5.93. The molecule has 5 aromatic rings. The van der Waals surface area contributed by atoms with E-state index in [9.17, 15) is 0 Å². The van der Waals surface area contributed by atoms with Crippen LogP contribution in [0.25, 0.3) is 27.8 Å². The van der Waals surface area contributed by atoms with Crippen LogP contribution in [0.15, 0.2) is 121 Å². The van der Waals surface area contributed by atoms with Crippen molar-refractivity contribution >= 4 is 22.6 Å². The van der Waals surface area contributed by atoms with Crippen molar-refractivity contribution in [3.8, 4) is 22.3 Å². The zero-order chi connectivity index (χ0) is 41.5.